The number of fused-ring (bicyclic) bond motifs is 2. The van der Waals surface area contributed by atoms with Gasteiger partial charge in [0.2, 0.25) is 0 Å². The Kier molecular flexibility index (Phi) is 4.09. The predicted octanol–water partition coefficient (Wildman–Crippen LogP) is 4.66. The van der Waals surface area contributed by atoms with Gasteiger partial charge in [-0.3, -0.25) is 15.1 Å². The number of hydrogen-bond acceptors (Lipinski definition) is 6. The monoisotopic (exact) mass is 437 g/mol. The number of aromatic hydroxyl groups is 1. The Labute approximate surface area is 186 Å². The lowest BCUT2D eigenvalue weighted by Crippen LogP contribution is -1.88. The number of pyridine rings is 3. The van der Waals surface area contributed by atoms with Crippen LogP contribution in [0.2, 0.25) is 0 Å². The number of H-pyrrole nitrogens is 2. The summed E-state index contributed by atoms with van der Waals surface area (Å²) >= 11 is 0. The van der Waals surface area contributed by atoms with Crippen LogP contribution in [0.3, 0.4) is 0 Å². The topological polar surface area (TPSA) is 129 Å². The fourth-order valence-electron chi connectivity index (χ4n) is 4.00. The fraction of sp³-hybridized carbons (Fsp3) is 0. The Morgan fingerprint density at radius 1 is 0.848 bits per heavy atom. The molecule has 0 saturated carbocycles. The molecule has 0 unspecified atom stereocenters. The van der Waals surface area contributed by atoms with Crippen molar-refractivity contribution >= 4 is 27.6 Å². The van der Waals surface area contributed by atoms with E-state index in [1.165, 1.54) is 12.1 Å². The van der Waals surface area contributed by atoms with Crippen molar-refractivity contribution < 1.29 is 9.50 Å². The predicted molar refractivity (Wildman–Crippen MR) is 124 cm³/mol. The van der Waals surface area contributed by atoms with Crippen LogP contribution < -0.4 is 5.73 Å². The van der Waals surface area contributed by atoms with Crippen LogP contribution in [0.25, 0.3) is 55.7 Å². The van der Waals surface area contributed by atoms with E-state index in [2.05, 4.69) is 30.1 Å². The van der Waals surface area contributed by atoms with Crippen LogP contribution in [-0.4, -0.2) is 35.2 Å². The lowest BCUT2D eigenvalue weighted by Gasteiger charge is -2.03. The summed E-state index contributed by atoms with van der Waals surface area (Å²) in [4.78, 5) is 16.4. The highest BCUT2D eigenvalue weighted by Crippen LogP contribution is 2.34. The summed E-state index contributed by atoms with van der Waals surface area (Å²) in [7, 11) is 0. The normalized spacial score (nSPS) is 11.4. The largest absolute Gasteiger partial charge is 0.508 e. The zero-order chi connectivity index (χ0) is 22.5. The molecule has 8 nitrogen and oxygen atoms in total. The Hall–Kier alpha value is -4.79. The standard InChI is InChI=1S/C24H16FN7O/c25-15-3-12(5-17(33)7-15)22-18-8-21(30-20(18)1-2-28-22)23-19-6-14(10-29-24(19)32-31-23)13-4-16(26)11-27-9-13/h1-11,30,33H,26H2,(H,29,31,32). The van der Waals surface area contributed by atoms with Gasteiger partial charge < -0.3 is 15.8 Å². The van der Waals surface area contributed by atoms with Crippen molar-refractivity contribution in [2.24, 2.45) is 0 Å². The number of nitrogens with two attached hydrogens (primary N) is 1. The molecule has 1 aromatic carbocycles. The summed E-state index contributed by atoms with van der Waals surface area (Å²) in [6.07, 6.45) is 6.70. The van der Waals surface area contributed by atoms with Gasteiger partial charge in [-0.2, -0.15) is 5.10 Å². The number of nitrogens with zero attached hydrogens (tertiary/aromatic N) is 4. The molecule has 6 aromatic rings. The van der Waals surface area contributed by atoms with Crippen molar-refractivity contribution in [2.45, 2.75) is 0 Å². The van der Waals surface area contributed by atoms with Gasteiger partial charge in [-0.1, -0.05) is 0 Å². The SMILES string of the molecule is Nc1cncc(-c2cnc3[nH]nc(-c4cc5c(-c6cc(O)cc(F)c6)nccc5[nH]4)c3c2)c1. The van der Waals surface area contributed by atoms with Crippen LogP contribution in [0.4, 0.5) is 10.1 Å². The second-order valence-corrected chi connectivity index (χ2v) is 7.70. The summed E-state index contributed by atoms with van der Waals surface area (Å²) in [5.41, 5.74) is 12.1. The van der Waals surface area contributed by atoms with Gasteiger partial charge in [0.25, 0.3) is 0 Å². The van der Waals surface area contributed by atoms with Gasteiger partial charge in [-0.25, -0.2) is 9.37 Å². The van der Waals surface area contributed by atoms with E-state index in [1.807, 2.05) is 24.3 Å². The second kappa shape index (κ2) is 7.13. The molecule has 160 valence electrons. The molecular weight excluding hydrogens is 421 g/mol. The van der Waals surface area contributed by atoms with Gasteiger partial charge >= 0.3 is 0 Å². The first-order valence-electron chi connectivity index (χ1n) is 10.1. The Morgan fingerprint density at radius 2 is 1.73 bits per heavy atom. The van der Waals surface area contributed by atoms with Crippen LogP contribution in [0.15, 0.2) is 67.3 Å². The van der Waals surface area contributed by atoms with Crippen molar-refractivity contribution in [3.05, 3.63) is 73.1 Å². The molecule has 0 aliphatic heterocycles. The minimum Gasteiger partial charge on any atom is -0.508 e. The quantitative estimate of drug-likeness (QED) is 0.319. The summed E-state index contributed by atoms with van der Waals surface area (Å²) in [5, 5.41) is 18.9. The van der Waals surface area contributed by atoms with Gasteiger partial charge in [-0.15, -0.1) is 0 Å². The van der Waals surface area contributed by atoms with E-state index in [4.69, 9.17) is 5.73 Å². The van der Waals surface area contributed by atoms with Crippen LogP contribution in [-0.2, 0) is 0 Å². The average molecular weight is 437 g/mol. The number of hydrogen-bond donors (Lipinski definition) is 4. The number of rotatable bonds is 3. The average Bonchev–Trinajstić information content (AvgIpc) is 3.41. The van der Waals surface area contributed by atoms with E-state index in [1.54, 1.807) is 24.8 Å². The Balaban J connectivity index is 1.51. The van der Waals surface area contributed by atoms with Crippen molar-refractivity contribution in [1.29, 1.82) is 0 Å². The Morgan fingerprint density at radius 3 is 2.58 bits per heavy atom. The maximum absolute atomic E-state index is 13.9. The number of phenols is 1. The van der Waals surface area contributed by atoms with Crippen LogP contribution in [0, 0.1) is 5.82 Å². The van der Waals surface area contributed by atoms with Gasteiger partial charge in [0.1, 0.15) is 17.3 Å². The third kappa shape index (κ3) is 3.23. The number of aromatic nitrogens is 6. The van der Waals surface area contributed by atoms with E-state index < -0.39 is 5.82 Å². The summed E-state index contributed by atoms with van der Waals surface area (Å²) in [6, 6.07) is 11.4. The molecular formula is C24H16FN7O. The first-order valence-corrected chi connectivity index (χ1v) is 10.1. The molecule has 0 saturated heterocycles. The molecule has 0 atom stereocenters. The Bertz CT molecular complexity index is 1650. The van der Waals surface area contributed by atoms with Crippen molar-refractivity contribution in [3.8, 4) is 39.5 Å². The maximum Gasteiger partial charge on any atom is 0.155 e. The molecule has 9 heteroatoms. The molecule has 0 spiro atoms. The number of halogens is 1. The molecule has 0 bridgehead atoms. The summed E-state index contributed by atoms with van der Waals surface area (Å²) in [6.45, 7) is 0. The van der Waals surface area contributed by atoms with E-state index in [0.717, 1.165) is 39.2 Å². The molecule has 0 aliphatic carbocycles. The van der Waals surface area contributed by atoms with Gasteiger partial charge in [0.05, 0.1) is 17.1 Å². The molecule has 0 aliphatic rings. The van der Waals surface area contributed by atoms with E-state index in [0.29, 0.717) is 28.3 Å². The van der Waals surface area contributed by atoms with E-state index in [-0.39, 0.29) is 5.75 Å². The third-order valence-corrected chi connectivity index (χ3v) is 5.47. The number of aromatic amines is 2. The molecule has 6 rings (SSSR count). The summed E-state index contributed by atoms with van der Waals surface area (Å²) < 4.78 is 13.9. The maximum atomic E-state index is 13.9. The van der Waals surface area contributed by atoms with E-state index in [9.17, 15) is 9.50 Å². The van der Waals surface area contributed by atoms with Gasteiger partial charge in [0, 0.05) is 63.8 Å². The summed E-state index contributed by atoms with van der Waals surface area (Å²) in [5.74, 6) is -0.694. The fourth-order valence-corrected chi connectivity index (χ4v) is 4.00. The smallest absolute Gasteiger partial charge is 0.155 e. The zero-order valence-corrected chi connectivity index (χ0v) is 17.0. The lowest BCUT2D eigenvalue weighted by atomic mass is 10.1. The molecule has 5 heterocycles. The minimum atomic E-state index is -0.535. The van der Waals surface area contributed by atoms with Crippen molar-refractivity contribution in [3.63, 3.8) is 0 Å². The van der Waals surface area contributed by atoms with Crippen LogP contribution in [0.1, 0.15) is 0 Å². The van der Waals surface area contributed by atoms with E-state index >= 15 is 0 Å². The van der Waals surface area contributed by atoms with Crippen LogP contribution >= 0.6 is 0 Å². The first-order chi connectivity index (χ1) is 16.0. The molecule has 0 amide bonds. The number of phenolic OH excluding ortho intramolecular Hbond substituents is 1. The van der Waals surface area contributed by atoms with Crippen molar-refractivity contribution in [1.82, 2.24) is 30.1 Å². The first kappa shape index (κ1) is 18.9. The van der Waals surface area contributed by atoms with Gasteiger partial charge in [-0.05, 0) is 36.4 Å². The minimum absolute atomic E-state index is 0.160. The highest BCUT2D eigenvalue weighted by atomic mass is 19.1. The number of anilines is 1. The molecule has 0 radical (unpaired) electrons. The zero-order valence-electron chi connectivity index (χ0n) is 17.0. The van der Waals surface area contributed by atoms with Gasteiger partial charge in [0.15, 0.2) is 5.65 Å². The lowest BCUT2D eigenvalue weighted by molar-refractivity contribution is 0.469. The van der Waals surface area contributed by atoms with Crippen molar-refractivity contribution in [2.75, 3.05) is 5.73 Å². The number of benzene rings is 1. The molecule has 5 N–H and O–H groups in total. The molecule has 0 fully saturated rings. The molecule has 33 heavy (non-hydrogen) atoms. The third-order valence-electron chi connectivity index (χ3n) is 5.47. The number of nitrogen functional groups attached to an aromatic ring is 1. The molecule has 5 aromatic heterocycles. The highest BCUT2D eigenvalue weighted by molar-refractivity contribution is 6.00. The highest BCUT2D eigenvalue weighted by Gasteiger charge is 2.16. The number of nitrogens with one attached hydrogen (secondary N) is 2. The second-order valence-electron chi connectivity index (χ2n) is 7.70. The van der Waals surface area contributed by atoms with Crippen LogP contribution in [0.5, 0.6) is 5.75 Å².